The van der Waals surface area contributed by atoms with E-state index in [0.717, 1.165) is 34.2 Å². The van der Waals surface area contributed by atoms with E-state index in [0.29, 0.717) is 17.2 Å². The van der Waals surface area contributed by atoms with Crippen LogP contribution in [0.3, 0.4) is 0 Å². The molecule has 0 radical (unpaired) electrons. The lowest BCUT2D eigenvalue weighted by Crippen LogP contribution is -2.18. The molecule has 0 N–H and O–H groups in total. The Labute approximate surface area is 326 Å². The van der Waals surface area contributed by atoms with Gasteiger partial charge in [-0.1, -0.05) is 101 Å². The Hall–Kier alpha value is -5.18. The minimum Gasteiger partial charge on any atom is -0.486 e. The molecule has 0 bridgehead atoms. The maximum atomic E-state index is 13.3. The number of benzene rings is 6. The van der Waals surface area contributed by atoms with Crippen LogP contribution in [-0.4, -0.2) is 16.8 Å². The largest absolute Gasteiger partial charge is 0.486 e. The van der Waals surface area contributed by atoms with Crippen molar-refractivity contribution in [3.8, 4) is 17.2 Å². The second kappa shape index (κ2) is 15.5. The summed E-state index contributed by atoms with van der Waals surface area (Å²) in [5.74, 6) is 1.89. The van der Waals surface area contributed by atoms with Crippen molar-refractivity contribution in [1.29, 1.82) is 0 Å². The Morgan fingerprint density at radius 1 is 0.491 bits per heavy atom. The zero-order valence-electron chi connectivity index (χ0n) is 32.4. The summed E-state index contributed by atoms with van der Waals surface area (Å²) in [7, 11) is -7.27. The highest BCUT2D eigenvalue weighted by Gasteiger charge is 2.25. The average Bonchev–Trinajstić information content (AvgIpc) is 3.19. The Bertz CT molecular complexity index is 2450. The third kappa shape index (κ3) is 8.56. The van der Waals surface area contributed by atoms with Gasteiger partial charge in [-0.2, -0.15) is 0 Å². The van der Waals surface area contributed by atoms with E-state index < -0.39 is 19.7 Å². The summed E-state index contributed by atoms with van der Waals surface area (Å²) in [5, 5.41) is 0. The molecule has 1 unspecified atom stereocenters. The summed E-state index contributed by atoms with van der Waals surface area (Å²) in [6, 6.07) is 43.3. The topological polar surface area (TPSA) is 86.7 Å². The number of hydrogen-bond acceptors (Lipinski definition) is 6. The summed E-state index contributed by atoms with van der Waals surface area (Å²) < 4.78 is 65.1. The predicted molar refractivity (Wildman–Crippen MR) is 219 cm³/mol. The summed E-state index contributed by atoms with van der Waals surface area (Å²) in [5.41, 5.74) is 4.84. The molecule has 284 valence electrons. The van der Waals surface area contributed by atoms with Gasteiger partial charge in [0.1, 0.15) is 23.4 Å². The van der Waals surface area contributed by atoms with Crippen LogP contribution in [0, 0.1) is 6.92 Å². The fourth-order valence-electron chi connectivity index (χ4n) is 6.35. The second-order valence-electron chi connectivity index (χ2n) is 15.2. The normalized spacial score (nSPS) is 12.9. The van der Waals surface area contributed by atoms with Crippen molar-refractivity contribution in [2.45, 2.75) is 91.4 Å². The quantitative estimate of drug-likeness (QED) is 0.116. The van der Waals surface area contributed by atoms with E-state index in [1.54, 1.807) is 84.9 Å². The van der Waals surface area contributed by atoms with E-state index in [1.807, 2.05) is 62.4 Å². The molecule has 0 aliphatic rings. The summed E-state index contributed by atoms with van der Waals surface area (Å²) in [4.78, 5) is 0.998. The van der Waals surface area contributed by atoms with Crippen molar-refractivity contribution in [3.63, 3.8) is 0 Å². The molecule has 0 fully saturated rings. The Morgan fingerprint density at radius 2 is 0.836 bits per heavy atom. The Morgan fingerprint density at radius 3 is 1.27 bits per heavy atom. The van der Waals surface area contributed by atoms with Gasteiger partial charge in [-0.3, -0.25) is 0 Å². The first kappa shape index (κ1) is 39.5. The lowest BCUT2D eigenvalue weighted by molar-refractivity contribution is 0.227. The van der Waals surface area contributed by atoms with Crippen molar-refractivity contribution in [2.24, 2.45) is 0 Å². The van der Waals surface area contributed by atoms with Gasteiger partial charge < -0.3 is 9.47 Å². The van der Waals surface area contributed by atoms with Gasteiger partial charge in [0.25, 0.3) is 0 Å². The minimum absolute atomic E-state index is 0.0209. The molecule has 6 aromatic carbocycles. The van der Waals surface area contributed by atoms with Crippen molar-refractivity contribution in [2.75, 3.05) is 0 Å². The third-order valence-corrected chi connectivity index (χ3v) is 14.2. The van der Waals surface area contributed by atoms with Gasteiger partial charge in [0.2, 0.25) is 19.7 Å². The van der Waals surface area contributed by atoms with Crippen molar-refractivity contribution in [1.82, 2.24) is 0 Å². The summed E-state index contributed by atoms with van der Waals surface area (Å²) in [6.45, 7) is 14.6. The summed E-state index contributed by atoms with van der Waals surface area (Å²) in [6.07, 6.45) is 0.665. The lowest BCUT2D eigenvalue weighted by Gasteiger charge is -2.27. The molecule has 0 saturated heterocycles. The fourth-order valence-corrected chi connectivity index (χ4v) is 8.87. The lowest BCUT2D eigenvalue weighted by atomic mass is 9.78. The zero-order chi connectivity index (χ0) is 39.6. The zero-order valence-corrected chi connectivity index (χ0v) is 34.0. The van der Waals surface area contributed by atoms with Crippen molar-refractivity contribution < 1.29 is 26.3 Å². The average molecular weight is 773 g/mol. The SMILES string of the molecule is CCC(C)(C)c1ccc(S(=O)(=O)c2ccc(Oc3ccc(C(C)(C)c4ccc(OC(C)c5ccc(S(=O)(=O)c6ccc(C)cc6)cc5)cc4)cc3)cc2)cc1. The first-order valence-corrected chi connectivity index (χ1v) is 21.4. The van der Waals surface area contributed by atoms with Crippen LogP contribution in [0.1, 0.15) is 81.9 Å². The van der Waals surface area contributed by atoms with Crippen LogP contribution in [0.5, 0.6) is 17.2 Å². The molecule has 55 heavy (non-hydrogen) atoms. The van der Waals surface area contributed by atoms with Crippen molar-refractivity contribution >= 4 is 19.7 Å². The number of ether oxygens (including phenoxy) is 2. The van der Waals surface area contributed by atoms with Crippen LogP contribution in [-0.2, 0) is 30.5 Å². The van der Waals surface area contributed by atoms with Gasteiger partial charge >= 0.3 is 0 Å². The molecule has 6 aromatic rings. The van der Waals surface area contributed by atoms with Gasteiger partial charge in [-0.25, -0.2) is 16.8 Å². The van der Waals surface area contributed by atoms with Crippen LogP contribution in [0.4, 0.5) is 0 Å². The molecule has 0 aliphatic heterocycles. The molecular formula is C47H48O6S2. The second-order valence-corrected chi connectivity index (χ2v) is 19.1. The fraction of sp³-hybridized carbons (Fsp3) is 0.234. The van der Waals surface area contributed by atoms with Crippen LogP contribution >= 0.6 is 0 Å². The van der Waals surface area contributed by atoms with E-state index in [9.17, 15) is 16.8 Å². The molecule has 8 heteroatoms. The number of aryl methyl sites for hydroxylation is 1. The molecule has 0 saturated carbocycles. The Kier molecular flexibility index (Phi) is 11.1. The Balaban J connectivity index is 1.07. The molecule has 0 heterocycles. The van der Waals surface area contributed by atoms with Gasteiger partial charge in [-0.15, -0.1) is 0 Å². The molecular weight excluding hydrogens is 725 g/mol. The minimum atomic E-state index is -3.66. The first-order valence-electron chi connectivity index (χ1n) is 18.4. The highest BCUT2D eigenvalue weighted by Crippen LogP contribution is 2.36. The van der Waals surface area contributed by atoms with Gasteiger partial charge in [-0.05, 0) is 133 Å². The van der Waals surface area contributed by atoms with E-state index in [1.165, 1.54) is 0 Å². The predicted octanol–water partition coefficient (Wildman–Crippen LogP) is 11.6. The third-order valence-electron chi connectivity index (χ3n) is 10.7. The monoisotopic (exact) mass is 772 g/mol. The smallest absolute Gasteiger partial charge is 0.206 e. The summed E-state index contributed by atoms with van der Waals surface area (Å²) >= 11 is 0. The van der Waals surface area contributed by atoms with E-state index in [4.69, 9.17) is 9.47 Å². The molecule has 6 nitrogen and oxygen atoms in total. The molecule has 6 rings (SSSR count). The number of rotatable bonds is 13. The molecule has 0 spiro atoms. The van der Waals surface area contributed by atoms with Gasteiger partial charge in [0.15, 0.2) is 0 Å². The van der Waals surface area contributed by atoms with E-state index in [2.05, 4.69) is 46.8 Å². The van der Waals surface area contributed by atoms with Crippen molar-refractivity contribution in [3.05, 3.63) is 173 Å². The molecule has 1 atom stereocenters. The maximum absolute atomic E-state index is 13.3. The maximum Gasteiger partial charge on any atom is 0.206 e. The standard InChI is InChI=1S/C47H48O6S2/c1-8-46(4,5)36-17-29-44(30-18-36)55(50,51)45-31-23-41(24-32-45)53-40-21-15-38(16-22-40)47(6,7)37-13-19-39(20-14-37)52-34(3)35-11-27-43(28-12-35)54(48,49)42-25-9-33(2)10-26-42/h9-32,34H,8H2,1-7H3. The molecule has 0 amide bonds. The highest BCUT2D eigenvalue weighted by molar-refractivity contribution is 7.91. The van der Waals surface area contributed by atoms with Gasteiger partial charge in [0, 0.05) is 5.41 Å². The number of hydrogen-bond donors (Lipinski definition) is 0. The first-order chi connectivity index (χ1) is 26.0. The van der Waals surface area contributed by atoms with E-state index >= 15 is 0 Å². The van der Waals surface area contributed by atoms with Crippen LogP contribution in [0.15, 0.2) is 165 Å². The van der Waals surface area contributed by atoms with Crippen LogP contribution in [0.2, 0.25) is 0 Å². The number of sulfone groups is 2. The van der Waals surface area contributed by atoms with Crippen LogP contribution < -0.4 is 9.47 Å². The van der Waals surface area contributed by atoms with E-state index in [-0.39, 0.29) is 36.5 Å². The highest BCUT2D eigenvalue weighted by atomic mass is 32.2. The van der Waals surface area contributed by atoms with Crippen LogP contribution in [0.25, 0.3) is 0 Å². The molecule has 0 aromatic heterocycles. The van der Waals surface area contributed by atoms with Gasteiger partial charge in [0.05, 0.1) is 19.6 Å². The molecule has 0 aliphatic carbocycles.